The van der Waals surface area contributed by atoms with Crippen LogP contribution in [0.15, 0.2) is 18.2 Å². The van der Waals surface area contributed by atoms with Gasteiger partial charge < -0.3 is 0 Å². The summed E-state index contributed by atoms with van der Waals surface area (Å²) in [6, 6.07) is 6.29. The molecule has 0 amide bonds. The van der Waals surface area contributed by atoms with E-state index in [2.05, 4.69) is 32.0 Å². The lowest BCUT2D eigenvalue weighted by molar-refractivity contribution is -0.407. The molecule has 0 N–H and O–H groups in total. The first kappa shape index (κ1) is 36.0. The summed E-state index contributed by atoms with van der Waals surface area (Å²) in [7, 11) is 0. The molecule has 218 valence electrons. The first-order valence-corrected chi connectivity index (χ1v) is 13.4. The van der Waals surface area contributed by atoms with Gasteiger partial charge in [0.25, 0.3) is 0 Å². The zero-order valence-electron chi connectivity index (χ0n) is 27.3. The summed E-state index contributed by atoms with van der Waals surface area (Å²) in [6.45, 7) is 36.0. The third-order valence-electron chi connectivity index (χ3n) is 4.51. The average molecular weight is 527 g/mol. The van der Waals surface area contributed by atoms with Gasteiger partial charge in [-0.25, -0.2) is 29.3 Å². The molecule has 0 radical (unpaired) electrons. The maximum Gasteiger partial charge on any atom is 0.124 e. The minimum absolute atomic E-state index is 0.215. The SMILES string of the molecule is CC(C)(C)OOC(C)(C)C.CC(C)c1cccc(C(C)(C)OOC(C)(C)C)c1C(C)(C)OOC(C)(C)C. The van der Waals surface area contributed by atoms with Crippen molar-refractivity contribution in [3.8, 4) is 0 Å². The summed E-state index contributed by atoms with van der Waals surface area (Å²) in [5.41, 5.74) is 0.775. The molecule has 0 atom stereocenters. The van der Waals surface area contributed by atoms with E-state index < -0.39 is 22.4 Å². The van der Waals surface area contributed by atoms with E-state index >= 15 is 0 Å². The molecule has 0 aromatic heterocycles. The molecule has 1 aromatic carbocycles. The summed E-state index contributed by atoms with van der Waals surface area (Å²) in [5.74, 6) is 0.330. The van der Waals surface area contributed by atoms with Crippen LogP contribution in [0.2, 0.25) is 0 Å². The first-order valence-electron chi connectivity index (χ1n) is 13.4. The van der Waals surface area contributed by atoms with Crippen LogP contribution in [-0.2, 0) is 40.5 Å². The van der Waals surface area contributed by atoms with Crippen molar-refractivity contribution in [2.45, 2.75) is 164 Å². The largest absolute Gasteiger partial charge is 0.230 e. The van der Waals surface area contributed by atoms with Gasteiger partial charge in [0.05, 0.1) is 22.4 Å². The Bertz CT molecular complexity index is 798. The van der Waals surface area contributed by atoms with Gasteiger partial charge in [-0.15, -0.1) is 0 Å². The van der Waals surface area contributed by atoms with Crippen LogP contribution in [0.5, 0.6) is 0 Å². The zero-order valence-corrected chi connectivity index (χ0v) is 27.3. The second-order valence-corrected chi connectivity index (χ2v) is 14.9. The highest BCUT2D eigenvalue weighted by molar-refractivity contribution is 5.43. The summed E-state index contributed by atoms with van der Waals surface area (Å²) >= 11 is 0. The maximum atomic E-state index is 5.96. The predicted octanol–water partition coefficient (Wildman–Crippen LogP) is 9.31. The minimum atomic E-state index is -0.661. The van der Waals surface area contributed by atoms with Crippen LogP contribution in [0.1, 0.15) is 147 Å². The molecule has 0 bridgehead atoms. The molecule has 1 rings (SSSR count). The lowest BCUT2D eigenvalue weighted by atomic mass is 9.79. The molecule has 0 saturated carbocycles. The van der Waals surface area contributed by atoms with Crippen LogP contribution in [0, 0.1) is 0 Å². The molecular formula is C31H58O6. The highest BCUT2D eigenvalue weighted by Crippen LogP contribution is 2.41. The Kier molecular flexibility index (Phi) is 12.5. The molecule has 0 heterocycles. The highest BCUT2D eigenvalue weighted by atomic mass is 17.2. The maximum absolute atomic E-state index is 5.96. The van der Waals surface area contributed by atoms with E-state index in [-0.39, 0.29) is 11.2 Å². The van der Waals surface area contributed by atoms with Gasteiger partial charge in [0.15, 0.2) is 0 Å². The molecule has 0 saturated heterocycles. The van der Waals surface area contributed by atoms with Gasteiger partial charge in [0.2, 0.25) is 0 Å². The van der Waals surface area contributed by atoms with E-state index in [0.29, 0.717) is 5.92 Å². The standard InChI is InChI=1S/C23H40O4.C8H18O2/c1-16(2)17-14-13-15-18(22(9,10)26-24-20(3,4)5)19(17)23(11,12)27-25-21(6,7)8;1-7(2,3)9-10-8(4,5)6/h13-16H,1-12H3;1-6H3. The topological polar surface area (TPSA) is 55.4 Å². The van der Waals surface area contributed by atoms with Gasteiger partial charge >= 0.3 is 0 Å². The van der Waals surface area contributed by atoms with Crippen LogP contribution in [0.4, 0.5) is 0 Å². The van der Waals surface area contributed by atoms with E-state index in [1.807, 2.05) is 111 Å². The number of hydrogen-bond donors (Lipinski definition) is 0. The van der Waals surface area contributed by atoms with E-state index in [4.69, 9.17) is 29.3 Å². The van der Waals surface area contributed by atoms with E-state index in [1.165, 1.54) is 5.56 Å². The van der Waals surface area contributed by atoms with Crippen molar-refractivity contribution in [3.63, 3.8) is 0 Å². The second kappa shape index (κ2) is 12.9. The number of hydrogen-bond acceptors (Lipinski definition) is 6. The molecule has 0 fully saturated rings. The Morgan fingerprint density at radius 1 is 0.459 bits per heavy atom. The smallest absolute Gasteiger partial charge is 0.124 e. The van der Waals surface area contributed by atoms with Crippen molar-refractivity contribution in [1.82, 2.24) is 0 Å². The van der Waals surface area contributed by atoms with Gasteiger partial charge in [-0.2, -0.15) is 0 Å². The fourth-order valence-corrected chi connectivity index (χ4v) is 3.02. The van der Waals surface area contributed by atoms with Gasteiger partial charge in [-0.05, 0) is 133 Å². The van der Waals surface area contributed by atoms with Crippen molar-refractivity contribution < 1.29 is 29.3 Å². The van der Waals surface area contributed by atoms with Crippen LogP contribution < -0.4 is 0 Å². The van der Waals surface area contributed by atoms with Crippen molar-refractivity contribution >= 4 is 0 Å². The Morgan fingerprint density at radius 2 is 0.784 bits per heavy atom. The molecule has 0 aliphatic heterocycles. The molecule has 0 spiro atoms. The number of benzene rings is 1. The van der Waals surface area contributed by atoms with Crippen molar-refractivity contribution in [1.29, 1.82) is 0 Å². The normalized spacial score (nSPS) is 14.0. The summed E-state index contributed by atoms with van der Waals surface area (Å²) in [6.07, 6.45) is 0. The fourth-order valence-electron chi connectivity index (χ4n) is 3.02. The highest BCUT2D eigenvalue weighted by Gasteiger charge is 2.37. The van der Waals surface area contributed by atoms with Crippen LogP contribution in [0.25, 0.3) is 0 Å². The van der Waals surface area contributed by atoms with E-state index in [1.54, 1.807) is 0 Å². The van der Waals surface area contributed by atoms with Crippen molar-refractivity contribution in [2.24, 2.45) is 0 Å². The van der Waals surface area contributed by atoms with E-state index in [0.717, 1.165) is 11.1 Å². The average Bonchev–Trinajstić information content (AvgIpc) is 2.67. The third kappa shape index (κ3) is 15.2. The molecule has 6 nitrogen and oxygen atoms in total. The lowest BCUT2D eigenvalue weighted by Gasteiger charge is -2.37. The zero-order chi connectivity index (χ0) is 29.7. The summed E-state index contributed by atoms with van der Waals surface area (Å²) in [5, 5.41) is 0. The Hall–Kier alpha value is -1.02. The summed E-state index contributed by atoms with van der Waals surface area (Å²) < 4.78 is 0. The Balaban J connectivity index is 0.00000109. The quantitative estimate of drug-likeness (QED) is 0.248. The lowest BCUT2D eigenvalue weighted by Crippen LogP contribution is -2.35. The molecule has 1 aromatic rings. The molecule has 6 heteroatoms. The Labute approximate surface area is 228 Å². The van der Waals surface area contributed by atoms with Crippen LogP contribution >= 0.6 is 0 Å². The molecular weight excluding hydrogens is 468 g/mol. The fraction of sp³-hybridized carbons (Fsp3) is 0.806. The predicted molar refractivity (Wildman–Crippen MR) is 152 cm³/mol. The molecule has 0 unspecified atom stereocenters. The molecule has 0 aliphatic carbocycles. The summed E-state index contributed by atoms with van der Waals surface area (Å²) in [4.78, 5) is 33.4. The first-order chi connectivity index (χ1) is 16.2. The van der Waals surface area contributed by atoms with Gasteiger partial charge in [0, 0.05) is 0 Å². The molecule has 0 aliphatic rings. The van der Waals surface area contributed by atoms with E-state index in [9.17, 15) is 0 Å². The van der Waals surface area contributed by atoms with Gasteiger partial charge in [-0.1, -0.05) is 32.0 Å². The van der Waals surface area contributed by atoms with Crippen LogP contribution in [0.3, 0.4) is 0 Å². The number of rotatable bonds is 8. The van der Waals surface area contributed by atoms with Crippen LogP contribution in [-0.4, -0.2) is 22.4 Å². The second-order valence-electron chi connectivity index (χ2n) is 14.9. The van der Waals surface area contributed by atoms with Gasteiger partial charge in [0.1, 0.15) is 11.2 Å². The van der Waals surface area contributed by atoms with Gasteiger partial charge in [-0.3, -0.25) is 0 Å². The van der Waals surface area contributed by atoms with Crippen molar-refractivity contribution in [3.05, 3.63) is 34.9 Å². The monoisotopic (exact) mass is 526 g/mol. The minimum Gasteiger partial charge on any atom is -0.230 e. The Morgan fingerprint density at radius 3 is 1.11 bits per heavy atom. The third-order valence-corrected chi connectivity index (χ3v) is 4.51. The van der Waals surface area contributed by atoms with Crippen molar-refractivity contribution in [2.75, 3.05) is 0 Å². The molecule has 37 heavy (non-hydrogen) atoms.